The standard InChI is InChI=1S/C22H23N3O5S/c26-20-11-12-21(27)25(20)15-4-14-23-22(28)18-7-9-19(10-8-18)24-31(29,30)16-13-17-5-2-1-3-6-17/h1-3,5-10,13,16,24H,4,11-12,14-15H2,(H,23,28)/b16-13+. The van der Waals surface area contributed by atoms with Crippen molar-refractivity contribution in [3.63, 3.8) is 0 Å². The van der Waals surface area contributed by atoms with Crippen molar-refractivity contribution >= 4 is 39.5 Å². The lowest BCUT2D eigenvalue weighted by molar-refractivity contribution is -0.138. The van der Waals surface area contributed by atoms with Crippen LogP contribution in [0.3, 0.4) is 0 Å². The van der Waals surface area contributed by atoms with E-state index < -0.39 is 10.0 Å². The van der Waals surface area contributed by atoms with Gasteiger partial charge >= 0.3 is 0 Å². The highest BCUT2D eigenvalue weighted by Gasteiger charge is 2.27. The van der Waals surface area contributed by atoms with Crippen LogP contribution < -0.4 is 10.0 Å². The van der Waals surface area contributed by atoms with Gasteiger partial charge in [0.25, 0.3) is 15.9 Å². The van der Waals surface area contributed by atoms with Crippen LogP contribution in [0.1, 0.15) is 35.2 Å². The number of anilines is 1. The van der Waals surface area contributed by atoms with E-state index in [2.05, 4.69) is 10.0 Å². The van der Waals surface area contributed by atoms with Crippen LogP contribution in [0.4, 0.5) is 5.69 Å². The zero-order chi connectivity index (χ0) is 22.3. The first-order valence-corrected chi connectivity index (χ1v) is 11.4. The minimum absolute atomic E-state index is 0.173. The number of carbonyl (C=O) groups excluding carboxylic acids is 3. The third-order valence-electron chi connectivity index (χ3n) is 4.65. The second-order valence-corrected chi connectivity index (χ2v) is 8.55. The van der Waals surface area contributed by atoms with E-state index in [0.717, 1.165) is 11.0 Å². The molecule has 1 saturated heterocycles. The molecule has 0 spiro atoms. The van der Waals surface area contributed by atoms with Gasteiger partial charge in [-0.25, -0.2) is 8.42 Å². The third-order valence-corrected chi connectivity index (χ3v) is 5.66. The number of rotatable bonds is 9. The van der Waals surface area contributed by atoms with E-state index >= 15 is 0 Å². The number of hydrogen-bond donors (Lipinski definition) is 2. The number of carbonyl (C=O) groups is 3. The summed E-state index contributed by atoms with van der Waals surface area (Å²) in [4.78, 5) is 36.5. The summed E-state index contributed by atoms with van der Waals surface area (Å²) < 4.78 is 26.8. The summed E-state index contributed by atoms with van der Waals surface area (Å²) in [6.07, 6.45) is 2.47. The van der Waals surface area contributed by atoms with Crippen molar-refractivity contribution in [1.82, 2.24) is 10.2 Å². The zero-order valence-corrected chi connectivity index (χ0v) is 17.6. The van der Waals surface area contributed by atoms with E-state index in [1.54, 1.807) is 12.1 Å². The number of nitrogens with one attached hydrogen (secondary N) is 2. The normalized spacial score (nSPS) is 14.3. The molecule has 2 aromatic carbocycles. The summed E-state index contributed by atoms with van der Waals surface area (Å²) in [7, 11) is -3.69. The van der Waals surface area contributed by atoms with Gasteiger partial charge in [-0.2, -0.15) is 0 Å². The van der Waals surface area contributed by atoms with E-state index in [0.29, 0.717) is 24.2 Å². The third kappa shape index (κ3) is 6.51. The Kier molecular flexibility index (Phi) is 7.19. The molecular formula is C22H23N3O5S. The molecule has 31 heavy (non-hydrogen) atoms. The van der Waals surface area contributed by atoms with E-state index in [9.17, 15) is 22.8 Å². The molecule has 0 bridgehead atoms. The molecule has 1 aliphatic heterocycles. The fourth-order valence-electron chi connectivity index (χ4n) is 3.03. The van der Waals surface area contributed by atoms with Crippen LogP contribution in [0.25, 0.3) is 6.08 Å². The number of imide groups is 1. The predicted molar refractivity (Wildman–Crippen MR) is 117 cm³/mol. The van der Waals surface area contributed by atoms with Crippen molar-refractivity contribution in [2.24, 2.45) is 0 Å². The van der Waals surface area contributed by atoms with Gasteiger partial charge in [0.15, 0.2) is 0 Å². The van der Waals surface area contributed by atoms with E-state index in [1.165, 1.54) is 35.2 Å². The Labute approximate surface area is 181 Å². The number of benzene rings is 2. The highest BCUT2D eigenvalue weighted by atomic mass is 32.2. The summed E-state index contributed by atoms with van der Waals surface area (Å²) in [5, 5.41) is 3.80. The number of nitrogens with zero attached hydrogens (tertiary/aromatic N) is 1. The largest absolute Gasteiger partial charge is 0.352 e. The molecule has 1 heterocycles. The first-order valence-electron chi connectivity index (χ1n) is 9.81. The van der Waals surface area contributed by atoms with Crippen molar-refractivity contribution in [2.75, 3.05) is 17.8 Å². The Balaban J connectivity index is 1.47. The lowest BCUT2D eigenvalue weighted by Crippen LogP contribution is -2.33. The predicted octanol–water partition coefficient (Wildman–Crippen LogP) is 2.37. The van der Waals surface area contributed by atoms with Gasteiger partial charge in [-0.05, 0) is 42.3 Å². The fraction of sp³-hybridized carbons (Fsp3) is 0.227. The Morgan fingerprint density at radius 2 is 1.61 bits per heavy atom. The molecule has 8 nitrogen and oxygen atoms in total. The lowest BCUT2D eigenvalue weighted by Gasteiger charge is -2.13. The Morgan fingerprint density at radius 3 is 2.26 bits per heavy atom. The second-order valence-electron chi connectivity index (χ2n) is 6.99. The molecule has 3 amide bonds. The van der Waals surface area contributed by atoms with E-state index in [4.69, 9.17) is 0 Å². The smallest absolute Gasteiger partial charge is 0.255 e. The highest BCUT2D eigenvalue weighted by molar-refractivity contribution is 7.95. The number of sulfonamides is 1. The number of amides is 3. The van der Waals surface area contributed by atoms with Crippen molar-refractivity contribution in [1.29, 1.82) is 0 Å². The summed E-state index contributed by atoms with van der Waals surface area (Å²) in [6.45, 7) is 0.601. The first kappa shape index (κ1) is 22.2. The average Bonchev–Trinajstić information content (AvgIpc) is 3.08. The topological polar surface area (TPSA) is 113 Å². The van der Waals surface area contributed by atoms with Crippen LogP contribution >= 0.6 is 0 Å². The summed E-state index contributed by atoms with van der Waals surface area (Å²) in [6, 6.07) is 15.1. The molecule has 2 N–H and O–H groups in total. The minimum Gasteiger partial charge on any atom is -0.352 e. The van der Waals surface area contributed by atoms with Crippen LogP contribution in [0.5, 0.6) is 0 Å². The summed E-state index contributed by atoms with van der Waals surface area (Å²) in [5.41, 5.74) is 1.47. The maximum atomic E-state index is 12.2. The molecule has 3 rings (SSSR count). The molecule has 0 radical (unpaired) electrons. The molecule has 0 saturated carbocycles. The molecule has 9 heteroatoms. The highest BCUT2D eigenvalue weighted by Crippen LogP contribution is 2.14. The molecule has 0 atom stereocenters. The number of likely N-dealkylation sites (tertiary alicyclic amines) is 1. The monoisotopic (exact) mass is 441 g/mol. The number of hydrogen-bond acceptors (Lipinski definition) is 5. The van der Waals surface area contributed by atoms with Crippen LogP contribution in [0.15, 0.2) is 60.0 Å². The van der Waals surface area contributed by atoms with Gasteiger partial charge in [0.05, 0.1) is 5.41 Å². The maximum Gasteiger partial charge on any atom is 0.255 e. The van der Waals surface area contributed by atoms with Gasteiger partial charge in [0, 0.05) is 37.2 Å². The molecule has 2 aromatic rings. The Morgan fingerprint density at radius 1 is 0.968 bits per heavy atom. The lowest BCUT2D eigenvalue weighted by atomic mass is 10.2. The van der Waals surface area contributed by atoms with E-state index in [1.807, 2.05) is 18.2 Å². The first-order chi connectivity index (χ1) is 14.8. The van der Waals surface area contributed by atoms with Crippen LogP contribution in [-0.4, -0.2) is 44.1 Å². The maximum absolute atomic E-state index is 12.2. The van der Waals surface area contributed by atoms with Crippen molar-refractivity contribution in [2.45, 2.75) is 19.3 Å². The van der Waals surface area contributed by atoms with Crippen LogP contribution in [0, 0.1) is 0 Å². The van der Waals surface area contributed by atoms with Gasteiger partial charge in [0.1, 0.15) is 0 Å². The van der Waals surface area contributed by atoms with Gasteiger partial charge in [-0.1, -0.05) is 30.3 Å². The van der Waals surface area contributed by atoms with Crippen LogP contribution in [-0.2, 0) is 19.6 Å². The van der Waals surface area contributed by atoms with Gasteiger partial charge in [0.2, 0.25) is 11.8 Å². The van der Waals surface area contributed by atoms with Gasteiger partial charge < -0.3 is 5.32 Å². The zero-order valence-electron chi connectivity index (χ0n) is 16.8. The average molecular weight is 442 g/mol. The molecule has 162 valence electrons. The van der Waals surface area contributed by atoms with E-state index in [-0.39, 0.29) is 37.1 Å². The Hall–Kier alpha value is -3.46. The summed E-state index contributed by atoms with van der Waals surface area (Å²) >= 11 is 0. The van der Waals surface area contributed by atoms with Crippen LogP contribution in [0.2, 0.25) is 0 Å². The summed E-state index contributed by atoms with van der Waals surface area (Å²) in [5.74, 6) is -0.668. The van der Waals surface area contributed by atoms with Gasteiger partial charge in [-0.3, -0.25) is 24.0 Å². The second kappa shape index (κ2) is 10.0. The molecule has 0 unspecified atom stereocenters. The molecule has 0 aliphatic carbocycles. The Bertz CT molecular complexity index is 1060. The SMILES string of the molecule is O=C(NCCCN1C(=O)CCC1=O)c1ccc(NS(=O)(=O)/C=C/c2ccccc2)cc1. The van der Waals surface area contributed by atoms with Crippen molar-refractivity contribution in [3.05, 3.63) is 71.1 Å². The molecule has 1 fully saturated rings. The van der Waals surface area contributed by atoms with Crippen molar-refractivity contribution in [3.8, 4) is 0 Å². The quantitative estimate of drug-likeness (QED) is 0.458. The molecule has 1 aliphatic rings. The minimum atomic E-state index is -3.69. The molecular weight excluding hydrogens is 418 g/mol. The molecule has 0 aromatic heterocycles. The van der Waals surface area contributed by atoms with Crippen molar-refractivity contribution < 1.29 is 22.8 Å². The fourth-order valence-corrected chi connectivity index (χ4v) is 3.90. The van der Waals surface area contributed by atoms with Gasteiger partial charge in [-0.15, -0.1) is 0 Å².